The Kier molecular flexibility index (Phi) is 4.26. The quantitative estimate of drug-likeness (QED) is 0.791. The van der Waals surface area contributed by atoms with E-state index in [1.54, 1.807) is 0 Å². The minimum atomic E-state index is -0.0142. The minimum absolute atomic E-state index is 0.0142. The van der Waals surface area contributed by atoms with E-state index in [1.165, 1.54) is 12.8 Å². The van der Waals surface area contributed by atoms with Crippen molar-refractivity contribution < 1.29 is 14.6 Å². The topological polar surface area (TPSA) is 38.7 Å². The van der Waals surface area contributed by atoms with E-state index < -0.39 is 0 Å². The first-order valence-corrected chi connectivity index (χ1v) is 6.33. The molecule has 2 rings (SSSR count). The van der Waals surface area contributed by atoms with Gasteiger partial charge in [-0.25, -0.2) is 0 Å². The molecule has 0 heterocycles. The van der Waals surface area contributed by atoms with Gasteiger partial charge in [-0.05, 0) is 25.3 Å². The fraction of sp³-hybridized carbons (Fsp3) is 0.571. The smallest absolute Gasteiger partial charge is 0.166 e. The first-order valence-electron chi connectivity index (χ1n) is 6.33. The van der Waals surface area contributed by atoms with Gasteiger partial charge in [0.25, 0.3) is 0 Å². The summed E-state index contributed by atoms with van der Waals surface area (Å²) < 4.78 is 11.3. The van der Waals surface area contributed by atoms with Crippen LogP contribution in [0.4, 0.5) is 0 Å². The Labute approximate surface area is 102 Å². The van der Waals surface area contributed by atoms with E-state index in [4.69, 9.17) is 9.47 Å². The zero-order chi connectivity index (χ0) is 12.1. The summed E-state index contributed by atoms with van der Waals surface area (Å²) in [5.74, 6) is 2.29. The Balaban J connectivity index is 2.03. The fourth-order valence-electron chi connectivity index (χ4n) is 1.85. The van der Waals surface area contributed by atoms with Gasteiger partial charge in [0.1, 0.15) is 0 Å². The number of para-hydroxylation sites is 1. The van der Waals surface area contributed by atoms with Crippen LogP contribution in [0.15, 0.2) is 18.2 Å². The third-order valence-electron chi connectivity index (χ3n) is 3.00. The Morgan fingerprint density at radius 3 is 2.76 bits per heavy atom. The molecule has 3 heteroatoms. The molecular weight excluding hydrogens is 216 g/mol. The van der Waals surface area contributed by atoms with Crippen molar-refractivity contribution in [1.29, 1.82) is 0 Å². The second-order valence-electron chi connectivity index (χ2n) is 4.42. The summed E-state index contributed by atoms with van der Waals surface area (Å²) in [6.07, 6.45) is 3.78. The van der Waals surface area contributed by atoms with Crippen molar-refractivity contribution in [3.63, 3.8) is 0 Å². The van der Waals surface area contributed by atoms with Crippen molar-refractivity contribution in [3.8, 4) is 11.5 Å². The summed E-state index contributed by atoms with van der Waals surface area (Å²) in [4.78, 5) is 0. The Hall–Kier alpha value is -1.22. The van der Waals surface area contributed by atoms with E-state index in [-0.39, 0.29) is 6.61 Å². The molecule has 0 saturated heterocycles. The third kappa shape index (κ3) is 3.37. The first-order chi connectivity index (χ1) is 8.35. The molecule has 0 spiro atoms. The average Bonchev–Trinajstić information content (AvgIpc) is 3.15. The predicted octanol–water partition coefficient (Wildman–Crippen LogP) is 2.76. The molecule has 0 aliphatic heterocycles. The van der Waals surface area contributed by atoms with Gasteiger partial charge in [-0.1, -0.05) is 25.0 Å². The monoisotopic (exact) mass is 236 g/mol. The van der Waals surface area contributed by atoms with Crippen LogP contribution in [-0.2, 0) is 6.61 Å². The third-order valence-corrected chi connectivity index (χ3v) is 3.00. The second kappa shape index (κ2) is 5.92. The van der Waals surface area contributed by atoms with Gasteiger partial charge in [0.15, 0.2) is 11.5 Å². The normalized spacial score (nSPS) is 14.7. The lowest BCUT2D eigenvalue weighted by atomic mass is 10.2. The Bertz CT molecular complexity index is 358. The number of rotatable bonds is 7. The van der Waals surface area contributed by atoms with E-state index in [1.807, 2.05) is 25.1 Å². The maximum absolute atomic E-state index is 9.30. The molecule has 17 heavy (non-hydrogen) atoms. The van der Waals surface area contributed by atoms with E-state index in [0.717, 1.165) is 23.7 Å². The summed E-state index contributed by atoms with van der Waals surface area (Å²) in [7, 11) is 0. The fourth-order valence-corrected chi connectivity index (χ4v) is 1.85. The molecule has 1 aliphatic rings. The van der Waals surface area contributed by atoms with Crippen LogP contribution in [-0.4, -0.2) is 18.3 Å². The number of hydrogen-bond acceptors (Lipinski definition) is 3. The molecule has 3 nitrogen and oxygen atoms in total. The largest absolute Gasteiger partial charge is 0.490 e. The van der Waals surface area contributed by atoms with Crippen LogP contribution >= 0.6 is 0 Å². The number of benzene rings is 1. The van der Waals surface area contributed by atoms with Crippen molar-refractivity contribution in [2.75, 3.05) is 13.2 Å². The highest BCUT2D eigenvalue weighted by Crippen LogP contribution is 2.35. The Morgan fingerprint density at radius 2 is 2.12 bits per heavy atom. The summed E-state index contributed by atoms with van der Waals surface area (Å²) in [5.41, 5.74) is 0.798. The van der Waals surface area contributed by atoms with Crippen LogP contribution in [0, 0.1) is 5.92 Å². The van der Waals surface area contributed by atoms with Gasteiger partial charge in [-0.2, -0.15) is 0 Å². The van der Waals surface area contributed by atoms with Gasteiger partial charge >= 0.3 is 0 Å². The Morgan fingerprint density at radius 1 is 1.29 bits per heavy atom. The van der Waals surface area contributed by atoms with E-state index >= 15 is 0 Å². The molecule has 1 saturated carbocycles. The van der Waals surface area contributed by atoms with Crippen LogP contribution in [0.2, 0.25) is 0 Å². The molecule has 0 amide bonds. The van der Waals surface area contributed by atoms with Gasteiger partial charge < -0.3 is 14.6 Å². The first kappa shape index (κ1) is 12.2. The lowest BCUT2D eigenvalue weighted by Crippen LogP contribution is -2.04. The van der Waals surface area contributed by atoms with Gasteiger partial charge in [0.2, 0.25) is 0 Å². The average molecular weight is 236 g/mol. The molecule has 1 aromatic rings. The highest BCUT2D eigenvalue weighted by Gasteiger charge is 2.21. The maximum atomic E-state index is 9.30. The second-order valence-corrected chi connectivity index (χ2v) is 4.42. The lowest BCUT2D eigenvalue weighted by Gasteiger charge is -2.14. The molecule has 1 fully saturated rings. The summed E-state index contributed by atoms with van der Waals surface area (Å²) in [6, 6.07) is 5.63. The highest BCUT2D eigenvalue weighted by molar-refractivity contribution is 5.46. The SMILES string of the molecule is CCOc1cccc(CO)c1OCCC1CC1. The van der Waals surface area contributed by atoms with Crippen molar-refractivity contribution in [1.82, 2.24) is 0 Å². The van der Waals surface area contributed by atoms with Crippen LogP contribution in [0.3, 0.4) is 0 Å². The van der Waals surface area contributed by atoms with E-state index in [9.17, 15) is 5.11 Å². The summed E-state index contributed by atoms with van der Waals surface area (Å²) in [6.45, 7) is 3.24. The van der Waals surface area contributed by atoms with Crippen LogP contribution in [0.25, 0.3) is 0 Å². The number of hydrogen-bond donors (Lipinski definition) is 1. The van der Waals surface area contributed by atoms with Crippen molar-refractivity contribution in [3.05, 3.63) is 23.8 Å². The lowest BCUT2D eigenvalue weighted by molar-refractivity contribution is 0.244. The zero-order valence-electron chi connectivity index (χ0n) is 10.3. The summed E-state index contributed by atoms with van der Waals surface area (Å²) in [5, 5.41) is 9.30. The molecule has 1 aromatic carbocycles. The van der Waals surface area contributed by atoms with Crippen molar-refractivity contribution >= 4 is 0 Å². The standard InChI is InChI=1S/C14H20O3/c1-2-16-13-5-3-4-12(10-15)14(13)17-9-8-11-6-7-11/h3-5,11,15H,2,6-10H2,1H3. The predicted molar refractivity (Wildman–Crippen MR) is 66.4 cm³/mol. The molecule has 1 aliphatic carbocycles. The molecule has 1 N–H and O–H groups in total. The highest BCUT2D eigenvalue weighted by atomic mass is 16.5. The van der Waals surface area contributed by atoms with Gasteiger partial charge in [-0.3, -0.25) is 0 Å². The minimum Gasteiger partial charge on any atom is -0.490 e. The van der Waals surface area contributed by atoms with Gasteiger partial charge in [-0.15, -0.1) is 0 Å². The van der Waals surface area contributed by atoms with E-state index in [2.05, 4.69) is 0 Å². The molecule has 0 unspecified atom stereocenters. The van der Waals surface area contributed by atoms with Gasteiger partial charge in [0.05, 0.1) is 19.8 Å². The van der Waals surface area contributed by atoms with Gasteiger partial charge in [0, 0.05) is 5.56 Å². The van der Waals surface area contributed by atoms with Crippen molar-refractivity contribution in [2.24, 2.45) is 5.92 Å². The molecular formula is C14H20O3. The molecule has 0 radical (unpaired) electrons. The van der Waals surface area contributed by atoms with Crippen molar-refractivity contribution in [2.45, 2.75) is 32.8 Å². The molecule has 0 bridgehead atoms. The van der Waals surface area contributed by atoms with Crippen LogP contribution in [0.5, 0.6) is 11.5 Å². The molecule has 0 atom stereocenters. The van der Waals surface area contributed by atoms with Crippen LogP contribution < -0.4 is 9.47 Å². The molecule has 0 aromatic heterocycles. The zero-order valence-corrected chi connectivity index (χ0v) is 10.3. The number of aliphatic hydroxyl groups is 1. The van der Waals surface area contributed by atoms with E-state index in [0.29, 0.717) is 19.0 Å². The number of aliphatic hydroxyl groups excluding tert-OH is 1. The maximum Gasteiger partial charge on any atom is 0.166 e. The molecule has 94 valence electrons. The van der Waals surface area contributed by atoms with Crippen LogP contribution in [0.1, 0.15) is 31.7 Å². The number of ether oxygens (including phenoxy) is 2. The summed E-state index contributed by atoms with van der Waals surface area (Å²) >= 11 is 0.